The highest BCUT2D eigenvalue weighted by molar-refractivity contribution is 6.31. The maximum atomic E-state index is 12.5. The molecule has 3 nitrogen and oxygen atoms in total. The number of halogens is 3. The fourth-order valence-electron chi connectivity index (χ4n) is 1.20. The first kappa shape index (κ1) is 11.8. The minimum atomic E-state index is -2.80. The Hall–Kier alpha value is -1.23. The molecule has 1 aromatic rings. The molecule has 15 heavy (non-hydrogen) atoms. The molecule has 1 heterocycles. The van der Waals surface area contributed by atoms with Crippen molar-refractivity contribution >= 4 is 17.6 Å². The topological polar surface area (TPSA) is 50.2 Å². The zero-order valence-corrected chi connectivity index (χ0v) is 8.55. The van der Waals surface area contributed by atoms with Crippen LogP contribution in [-0.4, -0.2) is 16.1 Å². The summed E-state index contributed by atoms with van der Waals surface area (Å²) in [6.45, 7) is 1.49. The lowest BCUT2D eigenvalue weighted by Gasteiger charge is -2.10. The Balaban J connectivity index is 3.28. The van der Waals surface area contributed by atoms with Crippen LogP contribution in [0.2, 0.25) is 5.02 Å². The van der Waals surface area contributed by atoms with Crippen LogP contribution in [0.4, 0.5) is 8.78 Å². The first-order valence-electron chi connectivity index (χ1n) is 4.07. The van der Waals surface area contributed by atoms with Crippen LogP contribution < -0.4 is 0 Å². The Morgan fingerprint density at radius 3 is 2.73 bits per heavy atom. The molecule has 0 aromatic carbocycles. The van der Waals surface area contributed by atoms with Gasteiger partial charge in [0, 0.05) is 6.20 Å². The van der Waals surface area contributed by atoms with Crippen molar-refractivity contribution in [1.29, 1.82) is 0 Å². The second kappa shape index (κ2) is 4.53. The molecule has 0 atom stereocenters. The summed E-state index contributed by atoms with van der Waals surface area (Å²) in [6.07, 6.45) is -2.20. The molecule has 0 amide bonds. The van der Waals surface area contributed by atoms with Crippen molar-refractivity contribution in [3.8, 4) is 0 Å². The first-order chi connectivity index (χ1) is 6.93. The van der Waals surface area contributed by atoms with Gasteiger partial charge in [-0.05, 0) is 18.1 Å². The Morgan fingerprint density at radius 1 is 1.67 bits per heavy atom. The van der Waals surface area contributed by atoms with Gasteiger partial charge in [0.2, 0.25) is 0 Å². The van der Waals surface area contributed by atoms with Crippen molar-refractivity contribution in [2.24, 2.45) is 0 Å². The molecule has 0 radical (unpaired) electrons. The molecule has 0 spiro atoms. The minimum Gasteiger partial charge on any atom is -0.481 e. The van der Waals surface area contributed by atoms with Crippen LogP contribution in [0.3, 0.4) is 0 Å². The first-order valence-corrected chi connectivity index (χ1v) is 4.45. The highest BCUT2D eigenvalue weighted by Gasteiger charge is 2.20. The maximum Gasteiger partial charge on any atom is 0.307 e. The van der Waals surface area contributed by atoms with E-state index < -0.39 is 24.5 Å². The largest absolute Gasteiger partial charge is 0.481 e. The Bertz CT molecular complexity index is 396. The number of aliphatic carboxylic acids is 1. The third-order valence-corrected chi connectivity index (χ3v) is 2.35. The fraction of sp³-hybridized carbons (Fsp3) is 0.333. The van der Waals surface area contributed by atoms with Gasteiger partial charge in [-0.25, -0.2) is 8.78 Å². The predicted octanol–water partition coefficient (Wildman–Crippen LogP) is 2.61. The van der Waals surface area contributed by atoms with Crippen molar-refractivity contribution in [1.82, 2.24) is 4.98 Å². The number of rotatable bonds is 3. The Kier molecular flexibility index (Phi) is 3.57. The summed E-state index contributed by atoms with van der Waals surface area (Å²) in [6, 6.07) is 0. The number of carboxylic acids is 1. The molecule has 1 aromatic heterocycles. The standard InChI is InChI=1S/C9H8ClF2NO2/c1-4-5(2-7(14)15)8(9(11)12)13-3-6(4)10/h3,9H,2H2,1H3,(H,14,15). The summed E-state index contributed by atoms with van der Waals surface area (Å²) in [7, 11) is 0. The molecule has 82 valence electrons. The van der Waals surface area contributed by atoms with Crippen LogP contribution in [0.5, 0.6) is 0 Å². The number of hydrogen-bond donors (Lipinski definition) is 1. The van der Waals surface area contributed by atoms with Crippen LogP contribution in [0.25, 0.3) is 0 Å². The molecule has 0 aliphatic heterocycles. The van der Waals surface area contributed by atoms with Gasteiger partial charge in [-0.2, -0.15) is 0 Å². The van der Waals surface area contributed by atoms with E-state index in [2.05, 4.69) is 4.98 Å². The van der Waals surface area contributed by atoms with Gasteiger partial charge in [-0.1, -0.05) is 11.6 Å². The normalized spacial score (nSPS) is 10.7. The van der Waals surface area contributed by atoms with E-state index in [0.29, 0.717) is 5.56 Å². The molecule has 0 saturated carbocycles. The van der Waals surface area contributed by atoms with E-state index in [1.54, 1.807) is 0 Å². The molecule has 0 aliphatic carbocycles. The highest BCUT2D eigenvalue weighted by atomic mass is 35.5. The minimum absolute atomic E-state index is 0.00926. The summed E-state index contributed by atoms with van der Waals surface area (Å²) in [5, 5.41) is 8.76. The lowest BCUT2D eigenvalue weighted by atomic mass is 10.0. The van der Waals surface area contributed by atoms with E-state index in [1.807, 2.05) is 0 Å². The van der Waals surface area contributed by atoms with Crippen molar-refractivity contribution < 1.29 is 18.7 Å². The summed E-state index contributed by atoms with van der Waals surface area (Å²) < 4.78 is 25.0. The summed E-state index contributed by atoms with van der Waals surface area (Å²) in [4.78, 5) is 13.9. The second-order valence-electron chi connectivity index (χ2n) is 2.97. The van der Waals surface area contributed by atoms with Gasteiger partial charge in [-0.3, -0.25) is 9.78 Å². The fourth-order valence-corrected chi connectivity index (χ4v) is 1.36. The SMILES string of the molecule is Cc1c(Cl)cnc(C(F)F)c1CC(=O)O. The third kappa shape index (κ3) is 2.62. The predicted molar refractivity (Wildman–Crippen MR) is 50.3 cm³/mol. The number of carboxylic acid groups (broad SMARTS) is 1. The van der Waals surface area contributed by atoms with E-state index in [4.69, 9.17) is 16.7 Å². The number of nitrogens with zero attached hydrogens (tertiary/aromatic N) is 1. The van der Waals surface area contributed by atoms with E-state index >= 15 is 0 Å². The highest BCUT2D eigenvalue weighted by Crippen LogP contribution is 2.27. The van der Waals surface area contributed by atoms with Crippen LogP contribution in [0.1, 0.15) is 23.2 Å². The van der Waals surface area contributed by atoms with Crippen LogP contribution in [0, 0.1) is 6.92 Å². The smallest absolute Gasteiger partial charge is 0.307 e. The Labute approximate surface area is 89.7 Å². The van der Waals surface area contributed by atoms with Gasteiger partial charge in [0.25, 0.3) is 6.43 Å². The maximum absolute atomic E-state index is 12.5. The molecule has 0 saturated heterocycles. The number of hydrogen-bond acceptors (Lipinski definition) is 2. The van der Waals surface area contributed by atoms with E-state index in [0.717, 1.165) is 6.20 Å². The number of pyridine rings is 1. The number of carbonyl (C=O) groups is 1. The molecular formula is C9H8ClF2NO2. The van der Waals surface area contributed by atoms with Gasteiger partial charge < -0.3 is 5.11 Å². The van der Waals surface area contributed by atoms with Crippen LogP contribution in [0.15, 0.2) is 6.20 Å². The van der Waals surface area contributed by atoms with E-state index in [-0.39, 0.29) is 10.6 Å². The van der Waals surface area contributed by atoms with Crippen LogP contribution in [-0.2, 0) is 11.2 Å². The average Bonchev–Trinajstić information content (AvgIpc) is 2.12. The monoisotopic (exact) mass is 235 g/mol. The lowest BCUT2D eigenvalue weighted by molar-refractivity contribution is -0.136. The van der Waals surface area contributed by atoms with Crippen molar-refractivity contribution in [2.45, 2.75) is 19.8 Å². The molecule has 0 fully saturated rings. The van der Waals surface area contributed by atoms with Gasteiger partial charge in [-0.15, -0.1) is 0 Å². The molecule has 1 N–H and O–H groups in total. The summed E-state index contributed by atoms with van der Waals surface area (Å²) in [5.74, 6) is -1.19. The van der Waals surface area contributed by atoms with Crippen LogP contribution >= 0.6 is 11.6 Å². The molecule has 0 bridgehead atoms. The average molecular weight is 236 g/mol. The molecular weight excluding hydrogens is 228 g/mol. The zero-order chi connectivity index (χ0) is 11.6. The van der Waals surface area contributed by atoms with Crippen molar-refractivity contribution in [2.75, 3.05) is 0 Å². The van der Waals surface area contributed by atoms with Gasteiger partial charge >= 0.3 is 5.97 Å². The third-order valence-electron chi connectivity index (χ3n) is 1.97. The Morgan fingerprint density at radius 2 is 2.27 bits per heavy atom. The molecule has 0 unspecified atom stereocenters. The van der Waals surface area contributed by atoms with E-state index in [1.165, 1.54) is 6.92 Å². The molecule has 6 heteroatoms. The molecule has 1 rings (SSSR count). The summed E-state index contributed by atoms with van der Waals surface area (Å²) in [5.41, 5.74) is -0.186. The van der Waals surface area contributed by atoms with Gasteiger partial charge in [0.1, 0.15) is 5.69 Å². The van der Waals surface area contributed by atoms with Gasteiger partial charge in [0.15, 0.2) is 0 Å². The number of aromatic nitrogens is 1. The quantitative estimate of drug-likeness (QED) is 0.876. The van der Waals surface area contributed by atoms with E-state index in [9.17, 15) is 13.6 Å². The second-order valence-corrected chi connectivity index (χ2v) is 3.37. The van der Waals surface area contributed by atoms with Crippen molar-refractivity contribution in [3.05, 3.63) is 28.0 Å². The zero-order valence-electron chi connectivity index (χ0n) is 7.80. The molecule has 0 aliphatic rings. The van der Waals surface area contributed by atoms with Crippen molar-refractivity contribution in [3.63, 3.8) is 0 Å². The lowest BCUT2D eigenvalue weighted by Crippen LogP contribution is -2.08. The number of alkyl halides is 2. The summed E-state index contributed by atoms with van der Waals surface area (Å²) >= 11 is 5.67. The van der Waals surface area contributed by atoms with Gasteiger partial charge in [0.05, 0.1) is 11.4 Å².